The number of hydrogen-bond acceptors (Lipinski definition) is 3. The standard InChI is InChI=1S/C13H17BrClFN2O2S/c1-2-5-18(9-3-4-17-8-9)21(19,20)13-7-11(15)10(14)6-12(13)16/h6-7,9,17H,2-5,8H2,1H3. The van der Waals surface area contributed by atoms with Gasteiger partial charge in [-0.05, 0) is 47.4 Å². The van der Waals surface area contributed by atoms with Gasteiger partial charge in [0.25, 0.3) is 0 Å². The van der Waals surface area contributed by atoms with E-state index in [0.717, 1.165) is 19.0 Å². The van der Waals surface area contributed by atoms with Crippen LogP contribution in [0.1, 0.15) is 19.8 Å². The molecule has 1 heterocycles. The molecule has 1 unspecified atom stereocenters. The van der Waals surface area contributed by atoms with E-state index in [4.69, 9.17) is 11.6 Å². The Bertz CT molecular complexity index is 621. The van der Waals surface area contributed by atoms with Crippen LogP contribution in [-0.4, -0.2) is 38.4 Å². The second-order valence-electron chi connectivity index (χ2n) is 4.96. The fourth-order valence-corrected chi connectivity index (χ4v) is 4.80. The average Bonchev–Trinajstić information content (AvgIpc) is 2.93. The minimum Gasteiger partial charge on any atom is -0.315 e. The molecule has 1 aliphatic heterocycles. The maximum absolute atomic E-state index is 14.1. The molecule has 1 aliphatic rings. The molecule has 0 radical (unpaired) electrons. The van der Waals surface area contributed by atoms with Crippen molar-refractivity contribution in [3.63, 3.8) is 0 Å². The van der Waals surface area contributed by atoms with E-state index in [1.54, 1.807) is 0 Å². The van der Waals surface area contributed by atoms with Crippen LogP contribution in [0.4, 0.5) is 4.39 Å². The van der Waals surface area contributed by atoms with E-state index >= 15 is 0 Å². The fourth-order valence-electron chi connectivity index (χ4n) is 2.43. The van der Waals surface area contributed by atoms with Crippen LogP contribution >= 0.6 is 27.5 Å². The maximum atomic E-state index is 14.1. The molecule has 2 rings (SSSR count). The summed E-state index contributed by atoms with van der Waals surface area (Å²) >= 11 is 9.02. The molecule has 118 valence electrons. The topological polar surface area (TPSA) is 49.4 Å². The molecule has 4 nitrogen and oxygen atoms in total. The van der Waals surface area contributed by atoms with Gasteiger partial charge in [0, 0.05) is 23.6 Å². The Balaban J connectivity index is 2.45. The Morgan fingerprint density at radius 1 is 1.52 bits per heavy atom. The van der Waals surface area contributed by atoms with Crippen LogP contribution < -0.4 is 5.32 Å². The van der Waals surface area contributed by atoms with Gasteiger partial charge >= 0.3 is 0 Å². The Hall–Kier alpha value is -0.210. The number of nitrogens with one attached hydrogen (secondary N) is 1. The SMILES string of the molecule is CCCN(C1CCNC1)S(=O)(=O)c1cc(Cl)c(Br)cc1F. The Morgan fingerprint density at radius 2 is 2.24 bits per heavy atom. The summed E-state index contributed by atoms with van der Waals surface area (Å²) in [6, 6.07) is 2.12. The maximum Gasteiger partial charge on any atom is 0.246 e. The first-order chi connectivity index (χ1) is 9.87. The Morgan fingerprint density at radius 3 is 2.81 bits per heavy atom. The zero-order chi connectivity index (χ0) is 15.6. The van der Waals surface area contributed by atoms with Crippen molar-refractivity contribution in [2.45, 2.75) is 30.7 Å². The van der Waals surface area contributed by atoms with Crippen molar-refractivity contribution in [2.75, 3.05) is 19.6 Å². The number of nitrogens with zero attached hydrogens (tertiary/aromatic N) is 1. The first-order valence-electron chi connectivity index (χ1n) is 6.75. The lowest BCUT2D eigenvalue weighted by atomic mass is 10.2. The summed E-state index contributed by atoms with van der Waals surface area (Å²) in [4.78, 5) is -0.365. The third-order valence-electron chi connectivity index (χ3n) is 3.45. The van der Waals surface area contributed by atoms with Gasteiger partial charge in [0.1, 0.15) is 10.7 Å². The number of benzene rings is 1. The number of hydrogen-bond donors (Lipinski definition) is 1. The van der Waals surface area contributed by atoms with Gasteiger partial charge in [0.05, 0.1) is 5.02 Å². The van der Waals surface area contributed by atoms with E-state index in [-0.39, 0.29) is 16.0 Å². The molecule has 0 amide bonds. The third-order valence-corrected chi connectivity index (χ3v) is 6.61. The van der Waals surface area contributed by atoms with Gasteiger partial charge < -0.3 is 5.32 Å². The summed E-state index contributed by atoms with van der Waals surface area (Å²) in [6.45, 7) is 3.62. The molecule has 1 saturated heterocycles. The first kappa shape index (κ1) is 17.1. The lowest BCUT2D eigenvalue weighted by Gasteiger charge is -2.27. The highest BCUT2D eigenvalue weighted by atomic mass is 79.9. The van der Waals surface area contributed by atoms with Crippen LogP contribution in [0, 0.1) is 5.82 Å². The van der Waals surface area contributed by atoms with Crippen molar-refractivity contribution >= 4 is 37.6 Å². The largest absolute Gasteiger partial charge is 0.315 e. The van der Waals surface area contributed by atoms with Crippen molar-refractivity contribution in [3.8, 4) is 0 Å². The van der Waals surface area contributed by atoms with Crippen LogP contribution in [0.3, 0.4) is 0 Å². The molecule has 1 N–H and O–H groups in total. The molecule has 0 bridgehead atoms. The van der Waals surface area contributed by atoms with Crippen molar-refractivity contribution in [1.29, 1.82) is 0 Å². The molecule has 1 atom stereocenters. The van der Waals surface area contributed by atoms with E-state index < -0.39 is 15.8 Å². The molecule has 0 spiro atoms. The molecule has 0 aliphatic carbocycles. The number of sulfonamides is 1. The van der Waals surface area contributed by atoms with Gasteiger partial charge in [-0.15, -0.1) is 0 Å². The third kappa shape index (κ3) is 3.59. The molecular formula is C13H17BrClFN2O2S. The lowest BCUT2D eigenvalue weighted by molar-refractivity contribution is 0.333. The van der Waals surface area contributed by atoms with Gasteiger partial charge in [-0.2, -0.15) is 4.31 Å². The monoisotopic (exact) mass is 398 g/mol. The molecule has 0 saturated carbocycles. The van der Waals surface area contributed by atoms with Gasteiger partial charge in [0.15, 0.2) is 0 Å². The highest BCUT2D eigenvalue weighted by molar-refractivity contribution is 9.10. The normalized spacial score (nSPS) is 19.4. The summed E-state index contributed by atoms with van der Waals surface area (Å²) in [5.74, 6) is -0.793. The molecule has 21 heavy (non-hydrogen) atoms. The van der Waals surface area contributed by atoms with Crippen molar-refractivity contribution in [2.24, 2.45) is 0 Å². The van der Waals surface area contributed by atoms with Gasteiger partial charge in [-0.3, -0.25) is 0 Å². The number of halogens is 3. The van der Waals surface area contributed by atoms with Gasteiger partial charge in [0.2, 0.25) is 10.0 Å². The smallest absolute Gasteiger partial charge is 0.246 e. The molecule has 0 aromatic heterocycles. The van der Waals surface area contributed by atoms with E-state index in [1.807, 2.05) is 6.92 Å². The van der Waals surface area contributed by atoms with Crippen molar-refractivity contribution in [1.82, 2.24) is 9.62 Å². The molecular weight excluding hydrogens is 383 g/mol. The molecule has 1 aromatic rings. The average molecular weight is 400 g/mol. The van der Waals surface area contributed by atoms with E-state index in [0.29, 0.717) is 24.0 Å². The van der Waals surface area contributed by atoms with Gasteiger partial charge in [-0.1, -0.05) is 18.5 Å². The highest BCUT2D eigenvalue weighted by Crippen LogP contribution is 2.31. The van der Waals surface area contributed by atoms with E-state index in [9.17, 15) is 12.8 Å². The van der Waals surface area contributed by atoms with Crippen molar-refractivity contribution < 1.29 is 12.8 Å². The van der Waals surface area contributed by atoms with Crippen LogP contribution in [0.15, 0.2) is 21.5 Å². The predicted molar refractivity (Wildman–Crippen MR) is 84.6 cm³/mol. The molecule has 8 heteroatoms. The van der Waals surface area contributed by atoms with E-state index in [1.165, 1.54) is 10.4 Å². The zero-order valence-corrected chi connectivity index (χ0v) is 14.7. The minimum absolute atomic E-state index is 0.142. The molecule has 1 fully saturated rings. The minimum atomic E-state index is -3.90. The van der Waals surface area contributed by atoms with Crippen molar-refractivity contribution in [3.05, 3.63) is 27.4 Å². The summed E-state index contributed by atoms with van der Waals surface area (Å²) < 4.78 is 41.4. The summed E-state index contributed by atoms with van der Waals surface area (Å²) in [6.07, 6.45) is 1.40. The van der Waals surface area contributed by atoms with Crippen LogP contribution in [-0.2, 0) is 10.0 Å². The highest BCUT2D eigenvalue weighted by Gasteiger charge is 2.34. The van der Waals surface area contributed by atoms with Crippen LogP contribution in [0.25, 0.3) is 0 Å². The van der Waals surface area contributed by atoms with Crippen LogP contribution in [0.5, 0.6) is 0 Å². The second kappa shape index (κ2) is 6.91. The first-order valence-corrected chi connectivity index (χ1v) is 9.36. The lowest BCUT2D eigenvalue weighted by Crippen LogP contribution is -2.42. The van der Waals surface area contributed by atoms with Gasteiger partial charge in [-0.25, -0.2) is 12.8 Å². The quantitative estimate of drug-likeness (QED) is 0.774. The summed E-state index contributed by atoms with van der Waals surface area (Å²) in [5.41, 5.74) is 0. The Labute approximate surface area is 137 Å². The predicted octanol–water partition coefficient (Wildman–Crippen LogP) is 3.00. The van der Waals surface area contributed by atoms with Crippen LogP contribution in [0.2, 0.25) is 5.02 Å². The summed E-state index contributed by atoms with van der Waals surface area (Å²) in [5, 5.41) is 3.31. The Kier molecular flexibility index (Phi) is 5.65. The second-order valence-corrected chi connectivity index (χ2v) is 8.08. The summed E-state index contributed by atoms with van der Waals surface area (Å²) in [7, 11) is -3.90. The number of rotatable bonds is 5. The van der Waals surface area contributed by atoms with E-state index in [2.05, 4.69) is 21.2 Å². The zero-order valence-electron chi connectivity index (χ0n) is 11.6. The fraction of sp³-hybridized carbons (Fsp3) is 0.538. The molecule has 1 aromatic carbocycles.